The predicted molar refractivity (Wildman–Crippen MR) is 66.4 cm³/mol. The lowest BCUT2D eigenvalue weighted by molar-refractivity contribution is -0.120. The molecule has 4 nitrogen and oxygen atoms in total. The maximum absolute atomic E-state index is 11.3. The Labute approximate surface area is 98.4 Å². The van der Waals surface area contributed by atoms with Crippen LogP contribution in [0, 0.1) is 0 Å². The molecule has 0 saturated heterocycles. The monoisotopic (exact) mass is 228 g/mol. The van der Waals surface area contributed by atoms with Gasteiger partial charge in [-0.1, -0.05) is 6.08 Å². The Hall–Kier alpha value is -0.870. The second kappa shape index (κ2) is 7.41. The quantitative estimate of drug-likeness (QED) is 0.611. The molecule has 0 saturated carbocycles. The van der Waals surface area contributed by atoms with Crippen LogP contribution in [0.4, 0.5) is 0 Å². The van der Waals surface area contributed by atoms with Crippen molar-refractivity contribution in [3.8, 4) is 0 Å². The highest BCUT2D eigenvalue weighted by Crippen LogP contribution is 2.14. The Kier molecular flexibility index (Phi) is 7.01. The summed E-state index contributed by atoms with van der Waals surface area (Å²) in [7, 11) is 1.70. The number of methoxy groups -OCH3 is 1. The number of carbonyl (C=O) groups is 1. The van der Waals surface area contributed by atoms with E-state index in [1.807, 2.05) is 20.8 Å². The third kappa shape index (κ3) is 7.43. The van der Waals surface area contributed by atoms with Gasteiger partial charge in [0.25, 0.3) is 0 Å². The van der Waals surface area contributed by atoms with Crippen LogP contribution in [-0.4, -0.2) is 37.7 Å². The van der Waals surface area contributed by atoms with E-state index in [0.29, 0.717) is 13.1 Å². The van der Waals surface area contributed by atoms with E-state index in [-0.39, 0.29) is 17.6 Å². The average molecular weight is 228 g/mol. The Balaban J connectivity index is 3.76. The maximum Gasteiger partial charge on any atom is 0.234 e. The van der Waals surface area contributed by atoms with Gasteiger partial charge in [-0.15, -0.1) is 6.58 Å². The van der Waals surface area contributed by atoms with E-state index in [4.69, 9.17) is 4.74 Å². The van der Waals surface area contributed by atoms with Crippen molar-refractivity contribution >= 4 is 5.91 Å². The summed E-state index contributed by atoms with van der Waals surface area (Å²) >= 11 is 0. The molecular weight excluding hydrogens is 204 g/mol. The Bertz CT molecular complexity index is 227. The largest absolute Gasteiger partial charge is 0.379 e. The molecule has 94 valence electrons. The topological polar surface area (TPSA) is 50.4 Å². The average Bonchev–Trinajstić information content (AvgIpc) is 2.23. The lowest BCUT2D eigenvalue weighted by atomic mass is 10.00. The van der Waals surface area contributed by atoms with Crippen molar-refractivity contribution in [1.29, 1.82) is 0 Å². The lowest BCUT2D eigenvalue weighted by Crippen LogP contribution is -2.41. The summed E-state index contributed by atoms with van der Waals surface area (Å²) in [4.78, 5) is 11.3. The van der Waals surface area contributed by atoms with Crippen molar-refractivity contribution in [2.24, 2.45) is 0 Å². The number of nitrogens with one attached hydrogen (secondary N) is 2. The molecule has 0 spiro atoms. The fraction of sp³-hybridized carbons (Fsp3) is 0.750. The van der Waals surface area contributed by atoms with Gasteiger partial charge in [-0.2, -0.15) is 0 Å². The van der Waals surface area contributed by atoms with Crippen LogP contribution >= 0.6 is 0 Å². The molecule has 4 heteroatoms. The Morgan fingerprint density at radius 2 is 2.19 bits per heavy atom. The highest BCUT2D eigenvalue weighted by atomic mass is 16.5. The molecule has 1 unspecified atom stereocenters. The molecule has 1 amide bonds. The SMILES string of the molecule is C=CCNC(=O)CNC(C)CC(C)(C)OC. The summed E-state index contributed by atoms with van der Waals surface area (Å²) in [5, 5.41) is 5.87. The summed E-state index contributed by atoms with van der Waals surface area (Å²) in [5.74, 6) is -0.0121. The van der Waals surface area contributed by atoms with Crippen molar-refractivity contribution in [1.82, 2.24) is 10.6 Å². The number of amides is 1. The molecular formula is C12H24N2O2. The van der Waals surface area contributed by atoms with E-state index in [1.54, 1.807) is 13.2 Å². The molecule has 0 aromatic carbocycles. The smallest absolute Gasteiger partial charge is 0.234 e. The summed E-state index contributed by atoms with van der Waals surface area (Å²) < 4.78 is 5.33. The van der Waals surface area contributed by atoms with Crippen molar-refractivity contribution in [2.75, 3.05) is 20.2 Å². The molecule has 0 aromatic heterocycles. The summed E-state index contributed by atoms with van der Waals surface area (Å²) in [5.41, 5.74) is -0.163. The lowest BCUT2D eigenvalue weighted by Gasteiger charge is -2.27. The van der Waals surface area contributed by atoms with Crippen molar-refractivity contribution < 1.29 is 9.53 Å². The molecule has 1 atom stereocenters. The van der Waals surface area contributed by atoms with Gasteiger partial charge in [0.15, 0.2) is 0 Å². The van der Waals surface area contributed by atoms with Gasteiger partial charge in [0.1, 0.15) is 0 Å². The second-order valence-electron chi connectivity index (χ2n) is 4.54. The summed E-state index contributed by atoms with van der Waals surface area (Å²) in [6.45, 7) is 10.5. The first-order valence-corrected chi connectivity index (χ1v) is 5.57. The van der Waals surface area contributed by atoms with Gasteiger partial charge in [-0.25, -0.2) is 0 Å². The van der Waals surface area contributed by atoms with Crippen LogP contribution in [0.3, 0.4) is 0 Å². The van der Waals surface area contributed by atoms with E-state index in [1.165, 1.54) is 0 Å². The van der Waals surface area contributed by atoms with Crippen LogP contribution in [0.15, 0.2) is 12.7 Å². The van der Waals surface area contributed by atoms with Crippen molar-refractivity contribution in [2.45, 2.75) is 38.8 Å². The van der Waals surface area contributed by atoms with Gasteiger partial charge in [0.05, 0.1) is 12.1 Å². The molecule has 0 bridgehead atoms. The molecule has 0 rings (SSSR count). The zero-order valence-electron chi connectivity index (χ0n) is 10.8. The third-order valence-electron chi connectivity index (χ3n) is 2.41. The van der Waals surface area contributed by atoms with E-state index in [2.05, 4.69) is 17.2 Å². The zero-order valence-corrected chi connectivity index (χ0v) is 10.8. The molecule has 0 aliphatic rings. The van der Waals surface area contributed by atoms with Crippen LogP contribution in [0.1, 0.15) is 27.2 Å². The van der Waals surface area contributed by atoms with Crippen LogP contribution < -0.4 is 10.6 Å². The van der Waals surface area contributed by atoms with Gasteiger partial charge >= 0.3 is 0 Å². The van der Waals surface area contributed by atoms with E-state index in [9.17, 15) is 4.79 Å². The molecule has 0 aliphatic carbocycles. The first kappa shape index (κ1) is 15.1. The third-order valence-corrected chi connectivity index (χ3v) is 2.41. The summed E-state index contributed by atoms with van der Waals surface area (Å²) in [6.07, 6.45) is 2.52. The maximum atomic E-state index is 11.3. The van der Waals surface area contributed by atoms with Gasteiger partial charge in [0, 0.05) is 19.7 Å². The standard InChI is InChI=1S/C12H24N2O2/c1-6-7-13-11(15)9-14-10(2)8-12(3,4)16-5/h6,10,14H,1,7-9H2,2-5H3,(H,13,15). The molecule has 0 aromatic rings. The van der Waals surface area contributed by atoms with E-state index < -0.39 is 0 Å². The Morgan fingerprint density at radius 1 is 1.56 bits per heavy atom. The van der Waals surface area contributed by atoms with Crippen LogP contribution in [0.2, 0.25) is 0 Å². The molecule has 0 radical (unpaired) electrons. The molecule has 0 aliphatic heterocycles. The van der Waals surface area contributed by atoms with Crippen LogP contribution in [-0.2, 0) is 9.53 Å². The second-order valence-corrected chi connectivity index (χ2v) is 4.54. The first-order chi connectivity index (χ1) is 7.41. The summed E-state index contributed by atoms with van der Waals surface area (Å²) in [6, 6.07) is 0.240. The molecule has 2 N–H and O–H groups in total. The fourth-order valence-electron chi connectivity index (χ4n) is 1.41. The minimum atomic E-state index is -0.163. The molecule has 0 fully saturated rings. The van der Waals surface area contributed by atoms with Crippen molar-refractivity contribution in [3.05, 3.63) is 12.7 Å². The zero-order chi connectivity index (χ0) is 12.6. The van der Waals surface area contributed by atoms with Gasteiger partial charge in [0.2, 0.25) is 5.91 Å². The van der Waals surface area contributed by atoms with Gasteiger partial charge < -0.3 is 15.4 Å². The number of ether oxygens (including phenoxy) is 1. The van der Waals surface area contributed by atoms with E-state index in [0.717, 1.165) is 6.42 Å². The van der Waals surface area contributed by atoms with Gasteiger partial charge in [-0.05, 0) is 27.2 Å². The van der Waals surface area contributed by atoms with Crippen molar-refractivity contribution in [3.63, 3.8) is 0 Å². The number of hydrogen-bond acceptors (Lipinski definition) is 3. The number of hydrogen-bond donors (Lipinski definition) is 2. The molecule has 0 heterocycles. The first-order valence-electron chi connectivity index (χ1n) is 5.57. The van der Waals surface area contributed by atoms with E-state index >= 15 is 0 Å². The molecule has 16 heavy (non-hydrogen) atoms. The highest BCUT2D eigenvalue weighted by Gasteiger charge is 2.20. The minimum Gasteiger partial charge on any atom is -0.379 e. The van der Waals surface area contributed by atoms with Gasteiger partial charge in [-0.3, -0.25) is 4.79 Å². The number of rotatable bonds is 8. The fourth-order valence-corrected chi connectivity index (χ4v) is 1.41. The van der Waals surface area contributed by atoms with Crippen LogP contribution in [0.5, 0.6) is 0 Å². The van der Waals surface area contributed by atoms with Crippen LogP contribution in [0.25, 0.3) is 0 Å². The minimum absolute atomic E-state index is 0.0121. The highest BCUT2D eigenvalue weighted by molar-refractivity contribution is 5.78. The normalized spacial score (nSPS) is 13.2. The number of carbonyl (C=O) groups excluding carboxylic acids is 1. The predicted octanol–water partition coefficient (Wildman–Crippen LogP) is 1.08. The Morgan fingerprint density at radius 3 is 2.69 bits per heavy atom.